The van der Waals surface area contributed by atoms with Crippen LogP contribution in [0.2, 0.25) is 0 Å². The number of pyridine rings is 1. The molecule has 2 aromatic rings. The summed E-state index contributed by atoms with van der Waals surface area (Å²) in [5.41, 5.74) is 2.05. The Morgan fingerprint density at radius 1 is 1.35 bits per heavy atom. The number of rotatable bonds is 4. The van der Waals surface area contributed by atoms with E-state index in [2.05, 4.69) is 4.98 Å². The van der Waals surface area contributed by atoms with Gasteiger partial charge in [-0.15, -0.1) is 11.6 Å². The van der Waals surface area contributed by atoms with E-state index < -0.39 is 0 Å². The summed E-state index contributed by atoms with van der Waals surface area (Å²) < 4.78 is 5.31. The van der Waals surface area contributed by atoms with Gasteiger partial charge in [0.25, 0.3) is 0 Å². The van der Waals surface area contributed by atoms with Crippen LogP contribution in [-0.2, 0) is 12.4 Å². The van der Waals surface area contributed by atoms with Crippen molar-refractivity contribution in [3.05, 3.63) is 47.5 Å². The first-order valence-electron chi connectivity index (χ1n) is 5.46. The number of nitrogens with zero attached hydrogens (tertiary/aromatic N) is 2. The second-order valence-corrected chi connectivity index (χ2v) is 4.25. The largest absolute Gasteiger partial charge is 0.467 e. The van der Waals surface area contributed by atoms with Crippen molar-refractivity contribution in [3.63, 3.8) is 0 Å². The summed E-state index contributed by atoms with van der Waals surface area (Å²) in [5, 5.41) is 0. The van der Waals surface area contributed by atoms with Gasteiger partial charge in [0.15, 0.2) is 0 Å². The van der Waals surface area contributed by atoms with Crippen LogP contribution in [0.1, 0.15) is 17.0 Å². The lowest BCUT2D eigenvalue weighted by atomic mass is 10.2. The Labute approximate surface area is 106 Å². The quantitative estimate of drug-likeness (QED) is 0.780. The minimum atomic E-state index is 0.501. The van der Waals surface area contributed by atoms with Crippen molar-refractivity contribution in [2.45, 2.75) is 19.3 Å². The molecule has 0 aromatic carbocycles. The maximum absolute atomic E-state index is 5.81. The molecule has 0 radical (unpaired) electrons. The summed E-state index contributed by atoms with van der Waals surface area (Å²) in [7, 11) is 1.99. The molecule has 0 atom stereocenters. The van der Waals surface area contributed by atoms with Crippen molar-refractivity contribution < 1.29 is 4.42 Å². The first-order valence-corrected chi connectivity index (χ1v) is 6.00. The molecule has 4 heteroatoms. The van der Waals surface area contributed by atoms with Gasteiger partial charge in [-0.05, 0) is 30.7 Å². The minimum absolute atomic E-state index is 0.501. The average Bonchev–Trinajstić information content (AvgIpc) is 2.81. The first kappa shape index (κ1) is 12.0. The van der Waals surface area contributed by atoms with Gasteiger partial charge in [-0.1, -0.05) is 6.07 Å². The lowest BCUT2D eigenvalue weighted by molar-refractivity contribution is 0.507. The molecule has 3 nitrogen and oxygen atoms in total. The van der Waals surface area contributed by atoms with Crippen molar-refractivity contribution in [3.8, 4) is 0 Å². The smallest absolute Gasteiger partial charge is 0.128 e. The number of hydrogen-bond donors (Lipinski definition) is 0. The zero-order chi connectivity index (χ0) is 12.3. The van der Waals surface area contributed by atoms with Gasteiger partial charge in [-0.3, -0.25) is 0 Å². The zero-order valence-electron chi connectivity index (χ0n) is 9.98. The highest BCUT2D eigenvalue weighted by atomic mass is 35.5. The van der Waals surface area contributed by atoms with Gasteiger partial charge in [0.1, 0.15) is 11.6 Å². The van der Waals surface area contributed by atoms with Crippen LogP contribution in [0.25, 0.3) is 0 Å². The predicted octanol–water partition coefficient (Wildman–Crippen LogP) is 3.36. The molecular formula is C13H15ClN2O. The average molecular weight is 251 g/mol. The molecule has 17 heavy (non-hydrogen) atoms. The van der Waals surface area contributed by atoms with E-state index in [0.717, 1.165) is 22.8 Å². The van der Waals surface area contributed by atoms with Crippen LogP contribution in [0.3, 0.4) is 0 Å². The Morgan fingerprint density at radius 2 is 2.18 bits per heavy atom. The van der Waals surface area contributed by atoms with Crippen LogP contribution in [0.15, 0.2) is 34.9 Å². The fourth-order valence-corrected chi connectivity index (χ4v) is 1.93. The molecule has 0 unspecified atom stereocenters. The van der Waals surface area contributed by atoms with Crippen LogP contribution >= 0.6 is 11.6 Å². The molecule has 2 rings (SSSR count). The van der Waals surface area contributed by atoms with E-state index in [1.807, 2.05) is 43.1 Å². The Morgan fingerprint density at radius 3 is 2.76 bits per heavy atom. The number of aromatic nitrogens is 1. The fourth-order valence-electron chi connectivity index (χ4n) is 1.65. The first-order chi connectivity index (χ1) is 8.20. The Kier molecular flexibility index (Phi) is 3.69. The van der Waals surface area contributed by atoms with E-state index in [1.165, 1.54) is 0 Å². The van der Waals surface area contributed by atoms with Crippen LogP contribution in [-0.4, -0.2) is 12.0 Å². The van der Waals surface area contributed by atoms with E-state index in [0.29, 0.717) is 12.4 Å². The lowest BCUT2D eigenvalue weighted by Gasteiger charge is -2.17. The zero-order valence-corrected chi connectivity index (χ0v) is 10.7. The van der Waals surface area contributed by atoms with Gasteiger partial charge in [0.05, 0.1) is 12.8 Å². The molecular weight excluding hydrogens is 236 g/mol. The van der Waals surface area contributed by atoms with Crippen molar-refractivity contribution in [2.24, 2.45) is 0 Å². The Balaban J connectivity index is 2.14. The fraction of sp³-hybridized carbons (Fsp3) is 0.308. The summed E-state index contributed by atoms with van der Waals surface area (Å²) in [6, 6.07) is 7.84. The standard InChI is InChI=1S/C13H15ClN2O/c1-10-11(8-14)5-6-13(15-10)16(2)9-12-4-3-7-17-12/h3-7H,8-9H2,1-2H3. The van der Waals surface area contributed by atoms with Gasteiger partial charge in [0.2, 0.25) is 0 Å². The molecule has 0 saturated heterocycles. The van der Waals surface area contributed by atoms with Crippen molar-refractivity contribution in [1.29, 1.82) is 0 Å². The number of aryl methyl sites for hydroxylation is 1. The van der Waals surface area contributed by atoms with E-state index >= 15 is 0 Å². The van der Waals surface area contributed by atoms with Crippen LogP contribution in [0, 0.1) is 6.92 Å². The van der Waals surface area contributed by atoms with Crippen molar-refractivity contribution in [2.75, 3.05) is 11.9 Å². The van der Waals surface area contributed by atoms with Gasteiger partial charge in [-0.25, -0.2) is 4.98 Å². The summed E-state index contributed by atoms with van der Waals surface area (Å²) in [5.74, 6) is 2.35. The summed E-state index contributed by atoms with van der Waals surface area (Å²) in [4.78, 5) is 6.57. The lowest BCUT2D eigenvalue weighted by Crippen LogP contribution is -2.17. The second-order valence-electron chi connectivity index (χ2n) is 3.98. The minimum Gasteiger partial charge on any atom is -0.467 e. The third-order valence-corrected chi connectivity index (χ3v) is 2.98. The molecule has 0 saturated carbocycles. The second kappa shape index (κ2) is 5.23. The Hall–Kier alpha value is -1.48. The molecule has 2 aromatic heterocycles. The SMILES string of the molecule is Cc1nc(N(C)Cc2ccco2)ccc1CCl. The molecule has 90 valence electrons. The molecule has 0 N–H and O–H groups in total. The number of furan rings is 1. The van der Waals surface area contributed by atoms with Gasteiger partial charge >= 0.3 is 0 Å². The van der Waals surface area contributed by atoms with E-state index in [-0.39, 0.29) is 0 Å². The molecule has 0 aliphatic rings. The highest BCUT2D eigenvalue weighted by molar-refractivity contribution is 6.17. The maximum Gasteiger partial charge on any atom is 0.128 e. The van der Waals surface area contributed by atoms with Crippen LogP contribution in [0.4, 0.5) is 5.82 Å². The third-order valence-electron chi connectivity index (χ3n) is 2.69. The molecule has 0 aliphatic heterocycles. The third kappa shape index (κ3) is 2.80. The van der Waals surface area contributed by atoms with Gasteiger partial charge in [0, 0.05) is 18.6 Å². The highest BCUT2D eigenvalue weighted by Crippen LogP contribution is 2.17. The van der Waals surface area contributed by atoms with Gasteiger partial charge < -0.3 is 9.32 Å². The highest BCUT2D eigenvalue weighted by Gasteiger charge is 2.07. The van der Waals surface area contributed by atoms with Crippen LogP contribution < -0.4 is 4.90 Å². The summed E-state index contributed by atoms with van der Waals surface area (Å²) in [6.45, 7) is 2.68. The molecule has 0 bridgehead atoms. The van der Waals surface area contributed by atoms with E-state index in [1.54, 1.807) is 6.26 Å². The summed E-state index contributed by atoms with van der Waals surface area (Å²) >= 11 is 5.81. The van der Waals surface area contributed by atoms with Crippen molar-refractivity contribution in [1.82, 2.24) is 4.98 Å². The monoisotopic (exact) mass is 250 g/mol. The molecule has 0 fully saturated rings. The van der Waals surface area contributed by atoms with E-state index in [9.17, 15) is 0 Å². The maximum atomic E-state index is 5.81. The summed E-state index contributed by atoms with van der Waals surface area (Å²) in [6.07, 6.45) is 1.68. The number of anilines is 1. The molecule has 0 amide bonds. The Bertz CT molecular complexity index is 482. The number of alkyl halides is 1. The van der Waals surface area contributed by atoms with E-state index in [4.69, 9.17) is 16.0 Å². The predicted molar refractivity (Wildman–Crippen MR) is 69.3 cm³/mol. The normalized spacial score (nSPS) is 10.5. The number of hydrogen-bond acceptors (Lipinski definition) is 3. The topological polar surface area (TPSA) is 29.3 Å². The van der Waals surface area contributed by atoms with Gasteiger partial charge in [-0.2, -0.15) is 0 Å². The molecule has 0 aliphatic carbocycles. The molecule has 2 heterocycles. The van der Waals surface area contributed by atoms with Crippen LogP contribution in [0.5, 0.6) is 0 Å². The molecule has 0 spiro atoms. The number of halogens is 1. The van der Waals surface area contributed by atoms with Crippen molar-refractivity contribution >= 4 is 17.4 Å².